The van der Waals surface area contributed by atoms with Gasteiger partial charge < -0.3 is 10.2 Å². The van der Waals surface area contributed by atoms with Crippen LogP contribution in [0.1, 0.15) is 46.5 Å². The highest BCUT2D eigenvalue weighted by Crippen LogP contribution is 2.31. The number of piperidine rings is 1. The third-order valence-corrected chi connectivity index (χ3v) is 5.05. The first-order chi connectivity index (χ1) is 8.54. The second-order valence-corrected chi connectivity index (χ2v) is 6.62. The van der Waals surface area contributed by atoms with Crippen molar-refractivity contribution in [2.24, 2.45) is 17.3 Å². The Balaban J connectivity index is 1.84. The molecule has 0 aliphatic carbocycles. The van der Waals surface area contributed by atoms with Crippen LogP contribution in [-0.4, -0.2) is 37.0 Å². The predicted octanol–water partition coefficient (Wildman–Crippen LogP) is 2.27. The first-order valence-electron chi connectivity index (χ1n) is 7.54. The summed E-state index contributed by atoms with van der Waals surface area (Å²) in [5, 5.41) is 3.46. The van der Waals surface area contributed by atoms with Gasteiger partial charge in [0.1, 0.15) is 0 Å². The molecule has 2 aliphatic heterocycles. The molecule has 2 rings (SSSR count). The van der Waals surface area contributed by atoms with Gasteiger partial charge in [-0.25, -0.2) is 0 Å². The quantitative estimate of drug-likeness (QED) is 0.835. The van der Waals surface area contributed by atoms with Crippen LogP contribution < -0.4 is 5.32 Å². The van der Waals surface area contributed by atoms with Crippen LogP contribution >= 0.6 is 0 Å². The molecule has 104 valence electrons. The van der Waals surface area contributed by atoms with Crippen molar-refractivity contribution in [1.29, 1.82) is 0 Å². The minimum Gasteiger partial charge on any atom is -0.342 e. The molecule has 1 unspecified atom stereocenters. The van der Waals surface area contributed by atoms with E-state index < -0.39 is 0 Å². The van der Waals surface area contributed by atoms with Gasteiger partial charge in [-0.2, -0.15) is 0 Å². The number of carbonyl (C=O) groups excluding carboxylic acids is 1. The van der Waals surface area contributed by atoms with E-state index in [-0.39, 0.29) is 5.41 Å². The summed E-state index contributed by atoms with van der Waals surface area (Å²) >= 11 is 0. The predicted molar refractivity (Wildman–Crippen MR) is 74.4 cm³/mol. The maximum absolute atomic E-state index is 12.4. The van der Waals surface area contributed by atoms with Crippen molar-refractivity contribution < 1.29 is 4.79 Å². The molecule has 18 heavy (non-hydrogen) atoms. The lowest BCUT2D eigenvalue weighted by Crippen LogP contribution is -2.45. The topological polar surface area (TPSA) is 32.3 Å². The Labute approximate surface area is 111 Å². The average molecular weight is 252 g/mol. The van der Waals surface area contributed by atoms with Crippen LogP contribution in [-0.2, 0) is 4.79 Å². The highest BCUT2D eigenvalue weighted by atomic mass is 16.2. The Bertz CT molecular complexity index is 287. The molecular weight excluding hydrogens is 224 g/mol. The van der Waals surface area contributed by atoms with Crippen molar-refractivity contribution in [2.45, 2.75) is 46.5 Å². The second kappa shape index (κ2) is 5.60. The molecule has 2 fully saturated rings. The number of nitrogens with zero attached hydrogens (tertiary/aromatic N) is 1. The molecule has 1 amide bonds. The summed E-state index contributed by atoms with van der Waals surface area (Å²) in [7, 11) is 0. The zero-order valence-electron chi connectivity index (χ0n) is 12.2. The van der Waals surface area contributed by atoms with Crippen molar-refractivity contribution >= 4 is 5.91 Å². The smallest absolute Gasteiger partial charge is 0.228 e. The van der Waals surface area contributed by atoms with Crippen LogP contribution in [0.15, 0.2) is 0 Å². The number of hydrogen-bond acceptors (Lipinski definition) is 2. The molecule has 3 heteroatoms. The first-order valence-corrected chi connectivity index (χ1v) is 7.54. The molecule has 0 aromatic carbocycles. The van der Waals surface area contributed by atoms with E-state index in [1.54, 1.807) is 0 Å². The normalized spacial score (nSPS) is 26.6. The highest BCUT2D eigenvalue weighted by Gasteiger charge is 2.34. The van der Waals surface area contributed by atoms with E-state index >= 15 is 0 Å². The fourth-order valence-corrected chi connectivity index (χ4v) is 3.23. The van der Waals surface area contributed by atoms with E-state index in [0.29, 0.717) is 5.91 Å². The number of nitrogens with one attached hydrogen (secondary N) is 1. The molecule has 3 nitrogen and oxygen atoms in total. The van der Waals surface area contributed by atoms with Crippen molar-refractivity contribution in [3.63, 3.8) is 0 Å². The van der Waals surface area contributed by atoms with E-state index in [1.807, 2.05) is 0 Å². The third-order valence-electron chi connectivity index (χ3n) is 5.05. The minimum absolute atomic E-state index is 0.179. The zero-order valence-corrected chi connectivity index (χ0v) is 12.2. The summed E-state index contributed by atoms with van der Waals surface area (Å²) in [5.74, 6) is 2.06. The van der Waals surface area contributed by atoms with E-state index in [2.05, 4.69) is 31.0 Å². The fraction of sp³-hybridized carbons (Fsp3) is 0.933. The van der Waals surface area contributed by atoms with Crippen LogP contribution in [0.5, 0.6) is 0 Å². The molecule has 2 saturated heterocycles. The van der Waals surface area contributed by atoms with Gasteiger partial charge in [0.05, 0.1) is 0 Å². The van der Waals surface area contributed by atoms with E-state index in [0.717, 1.165) is 31.3 Å². The molecule has 0 saturated carbocycles. The average Bonchev–Trinajstić information content (AvgIpc) is 2.92. The second-order valence-electron chi connectivity index (χ2n) is 6.62. The lowest BCUT2D eigenvalue weighted by atomic mass is 9.82. The number of rotatable bonds is 3. The molecule has 1 N–H and O–H groups in total. The fourth-order valence-electron chi connectivity index (χ4n) is 3.23. The lowest BCUT2D eigenvalue weighted by Gasteiger charge is -2.38. The van der Waals surface area contributed by atoms with Gasteiger partial charge in [0.25, 0.3) is 0 Å². The van der Waals surface area contributed by atoms with Gasteiger partial charge in [0.2, 0.25) is 5.91 Å². The molecule has 2 aliphatic rings. The Morgan fingerprint density at radius 2 is 1.89 bits per heavy atom. The number of carbonyl (C=O) groups is 1. The molecule has 0 aromatic rings. The molecule has 1 atom stereocenters. The van der Waals surface area contributed by atoms with E-state index in [9.17, 15) is 4.79 Å². The van der Waals surface area contributed by atoms with E-state index in [4.69, 9.17) is 0 Å². The third kappa shape index (κ3) is 2.87. The molecule has 0 aromatic heterocycles. The monoisotopic (exact) mass is 252 g/mol. The summed E-state index contributed by atoms with van der Waals surface area (Å²) < 4.78 is 0. The van der Waals surface area contributed by atoms with Crippen molar-refractivity contribution in [2.75, 3.05) is 26.2 Å². The Hall–Kier alpha value is -0.570. The van der Waals surface area contributed by atoms with Gasteiger partial charge in [0.15, 0.2) is 0 Å². The standard InChI is InChI=1S/C15H28N2O/c1-4-15(2,3)14(18)17-9-6-12(7-10-17)13-5-8-16-11-13/h12-13,16H,4-11H2,1-3H3. The largest absolute Gasteiger partial charge is 0.342 e. The van der Waals surface area contributed by atoms with Gasteiger partial charge in [-0.15, -0.1) is 0 Å². The molecule has 0 bridgehead atoms. The van der Waals surface area contributed by atoms with E-state index in [1.165, 1.54) is 32.4 Å². The molecular formula is C15H28N2O. The lowest BCUT2D eigenvalue weighted by molar-refractivity contribution is -0.142. The van der Waals surface area contributed by atoms with Crippen molar-refractivity contribution in [3.8, 4) is 0 Å². The number of amides is 1. The number of hydrogen-bond donors (Lipinski definition) is 1. The molecule has 0 spiro atoms. The first kappa shape index (κ1) is 13.9. The van der Waals surface area contributed by atoms with Gasteiger partial charge in [-0.05, 0) is 50.6 Å². The summed E-state index contributed by atoms with van der Waals surface area (Å²) in [4.78, 5) is 14.5. The Kier molecular flexibility index (Phi) is 4.31. The van der Waals surface area contributed by atoms with Crippen LogP contribution in [0.4, 0.5) is 0 Å². The molecule has 2 heterocycles. The SMILES string of the molecule is CCC(C)(C)C(=O)N1CCC(C2CCNC2)CC1. The van der Waals surface area contributed by atoms with Gasteiger partial charge in [-0.3, -0.25) is 4.79 Å². The van der Waals surface area contributed by atoms with Crippen LogP contribution in [0.3, 0.4) is 0 Å². The van der Waals surface area contributed by atoms with Crippen LogP contribution in [0.2, 0.25) is 0 Å². The highest BCUT2D eigenvalue weighted by molar-refractivity contribution is 5.81. The van der Waals surface area contributed by atoms with Crippen LogP contribution in [0, 0.1) is 17.3 Å². The number of likely N-dealkylation sites (tertiary alicyclic amines) is 1. The van der Waals surface area contributed by atoms with Gasteiger partial charge in [-0.1, -0.05) is 20.8 Å². The van der Waals surface area contributed by atoms with Gasteiger partial charge >= 0.3 is 0 Å². The minimum atomic E-state index is -0.179. The zero-order chi connectivity index (χ0) is 13.2. The summed E-state index contributed by atoms with van der Waals surface area (Å²) in [6.07, 6.45) is 4.67. The van der Waals surface area contributed by atoms with Crippen LogP contribution in [0.25, 0.3) is 0 Å². The maximum atomic E-state index is 12.4. The summed E-state index contributed by atoms with van der Waals surface area (Å²) in [5.41, 5.74) is -0.179. The Morgan fingerprint density at radius 1 is 1.22 bits per heavy atom. The maximum Gasteiger partial charge on any atom is 0.228 e. The molecule has 0 radical (unpaired) electrons. The van der Waals surface area contributed by atoms with Gasteiger partial charge in [0, 0.05) is 18.5 Å². The van der Waals surface area contributed by atoms with Crippen molar-refractivity contribution in [1.82, 2.24) is 10.2 Å². The summed E-state index contributed by atoms with van der Waals surface area (Å²) in [6, 6.07) is 0. The summed E-state index contributed by atoms with van der Waals surface area (Å²) in [6.45, 7) is 10.6. The van der Waals surface area contributed by atoms with Crippen molar-refractivity contribution in [3.05, 3.63) is 0 Å². The Morgan fingerprint density at radius 3 is 2.39 bits per heavy atom.